The van der Waals surface area contributed by atoms with Crippen molar-refractivity contribution >= 4 is 17.8 Å². The van der Waals surface area contributed by atoms with Crippen LogP contribution < -0.4 is 9.80 Å². The summed E-state index contributed by atoms with van der Waals surface area (Å²) in [6, 6.07) is 11.8. The minimum atomic E-state index is -0.131. The smallest absolute Gasteiger partial charge is 0.273 e. The SMILES string of the molecule is Cc1cc(C(=O)N2CCC[C@H]2c2nc(N(C)C)ncc2-c2ccccc2)nc(N2CCCCC2)n1. The van der Waals surface area contributed by atoms with Crippen LogP contribution in [-0.4, -0.2) is 64.5 Å². The van der Waals surface area contributed by atoms with E-state index in [1.807, 2.05) is 61.3 Å². The van der Waals surface area contributed by atoms with Crippen molar-refractivity contribution in [2.75, 3.05) is 43.5 Å². The van der Waals surface area contributed by atoms with Crippen LogP contribution in [0.25, 0.3) is 11.1 Å². The molecule has 0 unspecified atom stereocenters. The highest BCUT2D eigenvalue weighted by atomic mass is 16.2. The molecule has 3 aromatic rings. The number of anilines is 2. The van der Waals surface area contributed by atoms with Crippen LogP contribution in [0.15, 0.2) is 42.6 Å². The average Bonchev–Trinajstić information content (AvgIpc) is 3.38. The van der Waals surface area contributed by atoms with E-state index in [1.54, 1.807) is 0 Å². The Labute approximate surface area is 207 Å². The van der Waals surface area contributed by atoms with Gasteiger partial charge in [-0.1, -0.05) is 30.3 Å². The van der Waals surface area contributed by atoms with E-state index in [0.717, 1.165) is 61.3 Å². The zero-order valence-electron chi connectivity index (χ0n) is 20.8. The van der Waals surface area contributed by atoms with E-state index in [4.69, 9.17) is 9.97 Å². The summed E-state index contributed by atoms with van der Waals surface area (Å²) in [4.78, 5) is 38.8. The number of nitrogens with zero attached hydrogens (tertiary/aromatic N) is 7. The first-order chi connectivity index (χ1) is 17.0. The third-order valence-electron chi connectivity index (χ3n) is 6.82. The Morgan fingerprint density at radius 3 is 2.49 bits per heavy atom. The summed E-state index contributed by atoms with van der Waals surface area (Å²) in [5.74, 6) is 1.26. The summed E-state index contributed by atoms with van der Waals surface area (Å²) in [5, 5.41) is 0. The first kappa shape index (κ1) is 23.2. The Morgan fingerprint density at radius 1 is 0.971 bits per heavy atom. The Hall–Kier alpha value is -3.55. The number of hydrogen-bond donors (Lipinski definition) is 0. The number of amides is 1. The van der Waals surface area contributed by atoms with Crippen molar-refractivity contribution in [1.29, 1.82) is 0 Å². The van der Waals surface area contributed by atoms with Crippen LogP contribution >= 0.6 is 0 Å². The second kappa shape index (κ2) is 9.98. The summed E-state index contributed by atoms with van der Waals surface area (Å²) < 4.78 is 0. The predicted octanol–water partition coefficient (Wildman–Crippen LogP) is 4.28. The van der Waals surface area contributed by atoms with Gasteiger partial charge >= 0.3 is 0 Å². The highest BCUT2D eigenvalue weighted by Gasteiger charge is 2.35. The maximum absolute atomic E-state index is 13.8. The van der Waals surface area contributed by atoms with Crippen LogP contribution in [-0.2, 0) is 0 Å². The van der Waals surface area contributed by atoms with E-state index in [1.165, 1.54) is 6.42 Å². The van der Waals surface area contributed by atoms with E-state index < -0.39 is 0 Å². The zero-order valence-corrected chi connectivity index (χ0v) is 20.8. The number of piperidine rings is 1. The van der Waals surface area contributed by atoms with Gasteiger partial charge in [-0.15, -0.1) is 0 Å². The molecule has 182 valence electrons. The Balaban J connectivity index is 1.51. The van der Waals surface area contributed by atoms with Crippen molar-refractivity contribution in [1.82, 2.24) is 24.8 Å². The van der Waals surface area contributed by atoms with Crippen molar-refractivity contribution in [3.63, 3.8) is 0 Å². The van der Waals surface area contributed by atoms with Gasteiger partial charge < -0.3 is 14.7 Å². The standard InChI is InChI=1S/C27H33N7O/c1-19-17-22(30-27(29-19)33-14-8-5-9-15-33)25(35)34-16-10-13-23(34)24-21(20-11-6-4-7-12-20)18-28-26(31-24)32(2)3/h4,6-7,11-12,17-18,23H,5,8-10,13-16H2,1-3H3/t23-/m0/s1. The lowest BCUT2D eigenvalue weighted by Crippen LogP contribution is -2.34. The summed E-state index contributed by atoms with van der Waals surface area (Å²) in [7, 11) is 3.87. The molecule has 2 aliphatic heterocycles. The van der Waals surface area contributed by atoms with Gasteiger partial charge in [-0.2, -0.15) is 0 Å². The second-order valence-electron chi connectivity index (χ2n) is 9.63. The van der Waals surface area contributed by atoms with Crippen molar-refractivity contribution in [2.24, 2.45) is 0 Å². The van der Waals surface area contributed by atoms with E-state index >= 15 is 0 Å². The fourth-order valence-electron chi connectivity index (χ4n) is 5.03. The molecular weight excluding hydrogens is 438 g/mol. The molecule has 4 heterocycles. The Kier molecular flexibility index (Phi) is 6.61. The normalized spacial score (nSPS) is 18.1. The van der Waals surface area contributed by atoms with Crippen LogP contribution in [0.3, 0.4) is 0 Å². The number of carbonyl (C=O) groups is 1. The number of carbonyl (C=O) groups excluding carboxylic acids is 1. The van der Waals surface area contributed by atoms with Gasteiger partial charge in [0.05, 0.1) is 11.7 Å². The molecule has 8 heteroatoms. The highest BCUT2D eigenvalue weighted by Crippen LogP contribution is 2.38. The molecule has 0 N–H and O–H groups in total. The largest absolute Gasteiger partial charge is 0.347 e. The van der Waals surface area contributed by atoms with Crippen molar-refractivity contribution in [2.45, 2.75) is 45.1 Å². The van der Waals surface area contributed by atoms with Crippen LogP contribution in [0.4, 0.5) is 11.9 Å². The molecule has 2 saturated heterocycles. The maximum atomic E-state index is 13.8. The lowest BCUT2D eigenvalue weighted by molar-refractivity contribution is 0.0727. The summed E-state index contributed by atoms with van der Waals surface area (Å²) in [6.07, 6.45) is 7.18. The molecule has 1 atom stereocenters. The quantitative estimate of drug-likeness (QED) is 0.550. The molecule has 5 rings (SSSR count). The maximum Gasteiger partial charge on any atom is 0.273 e. The number of likely N-dealkylation sites (tertiary alicyclic amines) is 1. The number of aryl methyl sites for hydroxylation is 1. The predicted molar refractivity (Wildman–Crippen MR) is 138 cm³/mol. The third-order valence-corrected chi connectivity index (χ3v) is 6.82. The van der Waals surface area contributed by atoms with Gasteiger partial charge in [0.25, 0.3) is 5.91 Å². The Morgan fingerprint density at radius 2 is 1.74 bits per heavy atom. The first-order valence-electron chi connectivity index (χ1n) is 12.5. The fraction of sp³-hybridized carbons (Fsp3) is 0.444. The molecule has 1 amide bonds. The molecule has 2 fully saturated rings. The van der Waals surface area contributed by atoms with Gasteiger partial charge in [-0.3, -0.25) is 4.79 Å². The van der Waals surface area contributed by atoms with E-state index in [0.29, 0.717) is 24.1 Å². The molecule has 2 aromatic heterocycles. The molecular formula is C27H33N7O. The number of benzene rings is 1. The average molecular weight is 472 g/mol. The van der Waals surface area contributed by atoms with E-state index in [9.17, 15) is 4.79 Å². The second-order valence-corrected chi connectivity index (χ2v) is 9.63. The summed E-state index contributed by atoms with van der Waals surface area (Å²) in [5.41, 5.74) is 4.20. The van der Waals surface area contributed by atoms with Gasteiger partial charge in [0, 0.05) is 51.2 Å². The first-order valence-corrected chi connectivity index (χ1v) is 12.5. The molecule has 2 aliphatic rings. The fourth-order valence-corrected chi connectivity index (χ4v) is 5.03. The van der Waals surface area contributed by atoms with Crippen LogP contribution in [0.1, 0.15) is 60.0 Å². The topological polar surface area (TPSA) is 78.4 Å². The van der Waals surface area contributed by atoms with Gasteiger partial charge in [0.2, 0.25) is 11.9 Å². The van der Waals surface area contributed by atoms with Gasteiger partial charge in [0.1, 0.15) is 5.69 Å². The molecule has 35 heavy (non-hydrogen) atoms. The lowest BCUT2D eigenvalue weighted by atomic mass is 9.99. The number of aromatic nitrogens is 4. The third kappa shape index (κ3) is 4.83. The molecule has 8 nitrogen and oxygen atoms in total. The van der Waals surface area contributed by atoms with Crippen molar-refractivity contribution in [3.8, 4) is 11.1 Å². The monoisotopic (exact) mass is 471 g/mol. The molecule has 0 spiro atoms. The molecule has 1 aromatic carbocycles. The van der Waals surface area contributed by atoms with Crippen molar-refractivity contribution in [3.05, 3.63) is 59.7 Å². The lowest BCUT2D eigenvalue weighted by Gasteiger charge is -2.28. The van der Waals surface area contributed by atoms with Gasteiger partial charge in [-0.05, 0) is 50.7 Å². The molecule has 0 aliphatic carbocycles. The van der Waals surface area contributed by atoms with Crippen LogP contribution in [0.5, 0.6) is 0 Å². The summed E-state index contributed by atoms with van der Waals surface area (Å²) >= 11 is 0. The minimum Gasteiger partial charge on any atom is -0.347 e. The van der Waals surface area contributed by atoms with Crippen molar-refractivity contribution < 1.29 is 4.79 Å². The highest BCUT2D eigenvalue weighted by molar-refractivity contribution is 5.93. The minimum absolute atomic E-state index is 0.0553. The summed E-state index contributed by atoms with van der Waals surface area (Å²) in [6.45, 7) is 4.51. The number of rotatable bonds is 5. The van der Waals surface area contributed by atoms with Crippen LogP contribution in [0, 0.1) is 6.92 Å². The van der Waals surface area contributed by atoms with Gasteiger partial charge in [-0.25, -0.2) is 19.9 Å². The van der Waals surface area contributed by atoms with Gasteiger partial charge in [0.15, 0.2) is 0 Å². The van der Waals surface area contributed by atoms with Crippen LogP contribution in [0.2, 0.25) is 0 Å². The van der Waals surface area contributed by atoms with E-state index in [-0.39, 0.29) is 11.9 Å². The molecule has 0 bridgehead atoms. The number of hydrogen-bond acceptors (Lipinski definition) is 7. The molecule has 0 radical (unpaired) electrons. The zero-order chi connectivity index (χ0) is 24.4. The van der Waals surface area contributed by atoms with E-state index in [2.05, 4.69) is 27.0 Å². The molecule has 0 saturated carbocycles. The Bertz CT molecular complexity index is 1190.